The lowest BCUT2D eigenvalue weighted by Crippen LogP contribution is -2.11. The summed E-state index contributed by atoms with van der Waals surface area (Å²) in [5.41, 5.74) is 5.09. The number of carbonyl (C=O) groups excluding carboxylic acids is 1. The summed E-state index contributed by atoms with van der Waals surface area (Å²) in [6.07, 6.45) is 0. The van der Waals surface area contributed by atoms with Crippen LogP contribution in [0.5, 0.6) is 0 Å². The van der Waals surface area contributed by atoms with Crippen molar-refractivity contribution in [1.29, 1.82) is 0 Å². The maximum Gasteiger partial charge on any atom is 0.255 e. The van der Waals surface area contributed by atoms with Gasteiger partial charge in [-0.25, -0.2) is 4.98 Å². The van der Waals surface area contributed by atoms with E-state index >= 15 is 0 Å². The maximum atomic E-state index is 12.4. The first-order valence-corrected chi connectivity index (χ1v) is 9.98. The van der Waals surface area contributed by atoms with Gasteiger partial charge in [0.05, 0.1) is 0 Å². The van der Waals surface area contributed by atoms with Crippen molar-refractivity contribution in [1.82, 2.24) is 9.97 Å². The molecule has 0 fully saturated rings. The highest BCUT2D eigenvalue weighted by molar-refractivity contribution is 6.04. The summed E-state index contributed by atoms with van der Waals surface area (Å²) < 4.78 is 0. The number of hydrogen-bond acceptors (Lipinski definition) is 5. The third-order valence-corrected chi connectivity index (χ3v) is 4.61. The van der Waals surface area contributed by atoms with Crippen molar-refractivity contribution < 1.29 is 4.79 Å². The first-order chi connectivity index (χ1) is 15.0. The van der Waals surface area contributed by atoms with Crippen LogP contribution in [0.15, 0.2) is 84.9 Å². The second-order valence-electron chi connectivity index (χ2n) is 7.23. The number of aromatic nitrogens is 2. The molecule has 1 amide bonds. The molecule has 0 aliphatic heterocycles. The number of anilines is 5. The van der Waals surface area contributed by atoms with Crippen LogP contribution in [0.2, 0.25) is 0 Å². The Labute approximate surface area is 181 Å². The molecule has 3 N–H and O–H groups in total. The summed E-state index contributed by atoms with van der Waals surface area (Å²) in [5, 5.41) is 9.40. The quantitative estimate of drug-likeness (QED) is 0.373. The molecule has 0 spiro atoms. The largest absolute Gasteiger partial charge is 0.340 e. The second kappa shape index (κ2) is 9.09. The molecule has 0 unspecified atom stereocenters. The van der Waals surface area contributed by atoms with Crippen LogP contribution in [0.4, 0.5) is 28.8 Å². The molecule has 0 aliphatic carbocycles. The van der Waals surface area contributed by atoms with Crippen LogP contribution in [0.3, 0.4) is 0 Å². The Morgan fingerprint density at radius 1 is 0.710 bits per heavy atom. The van der Waals surface area contributed by atoms with Gasteiger partial charge in [-0.3, -0.25) is 4.79 Å². The smallest absolute Gasteiger partial charge is 0.255 e. The SMILES string of the molecule is Cc1ccc(C(=O)Nc2ccc(Nc3nc(C)cc(Nc4ccccc4)n3)cc2)cc1. The van der Waals surface area contributed by atoms with E-state index in [4.69, 9.17) is 0 Å². The van der Waals surface area contributed by atoms with Crippen LogP contribution in [-0.4, -0.2) is 15.9 Å². The molecule has 0 saturated heterocycles. The van der Waals surface area contributed by atoms with Crippen molar-refractivity contribution in [2.45, 2.75) is 13.8 Å². The van der Waals surface area contributed by atoms with Gasteiger partial charge in [-0.15, -0.1) is 0 Å². The zero-order chi connectivity index (χ0) is 21.6. The lowest BCUT2D eigenvalue weighted by atomic mass is 10.1. The molecule has 6 nitrogen and oxygen atoms in total. The van der Waals surface area contributed by atoms with E-state index in [9.17, 15) is 4.79 Å². The number of rotatable bonds is 6. The minimum Gasteiger partial charge on any atom is -0.340 e. The summed E-state index contributed by atoms with van der Waals surface area (Å²) >= 11 is 0. The highest BCUT2D eigenvalue weighted by atomic mass is 16.1. The van der Waals surface area contributed by atoms with Crippen molar-refractivity contribution in [3.63, 3.8) is 0 Å². The lowest BCUT2D eigenvalue weighted by Gasteiger charge is -2.11. The standard InChI is InChI=1S/C25H23N5O/c1-17-8-10-19(11-9-17)24(31)28-21-12-14-22(15-13-21)29-25-26-18(2)16-23(30-25)27-20-6-4-3-5-7-20/h3-16H,1-2H3,(H,28,31)(H2,26,27,29,30). The van der Waals surface area contributed by atoms with Gasteiger partial charge < -0.3 is 16.0 Å². The number of nitrogens with one attached hydrogen (secondary N) is 3. The molecular formula is C25H23N5O. The fourth-order valence-electron chi connectivity index (χ4n) is 3.03. The monoisotopic (exact) mass is 409 g/mol. The van der Waals surface area contributed by atoms with Crippen LogP contribution in [0, 0.1) is 13.8 Å². The third kappa shape index (κ3) is 5.45. The number of amides is 1. The first kappa shape index (κ1) is 20.1. The number of para-hydroxylation sites is 1. The molecule has 0 radical (unpaired) electrons. The van der Waals surface area contributed by atoms with E-state index in [1.807, 2.05) is 98.8 Å². The van der Waals surface area contributed by atoms with Crippen LogP contribution >= 0.6 is 0 Å². The normalized spacial score (nSPS) is 10.4. The molecule has 31 heavy (non-hydrogen) atoms. The Morgan fingerprint density at radius 3 is 2.06 bits per heavy atom. The van der Waals surface area contributed by atoms with Crippen LogP contribution < -0.4 is 16.0 Å². The fourth-order valence-corrected chi connectivity index (χ4v) is 3.03. The molecule has 1 heterocycles. The predicted octanol–water partition coefficient (Wildman–Crippen LogP) is 5.83. The average molecular weight is 409 g/mol. The minimum atomic E-state index is -0.139. The van der Waals surface area contributed by atoms with Gasteiger partial charge in [-0.05, 0) is 62.4 Å². The maximum absolute atomic E-state index is 12.4. The molecule has 4 aromatic rings. The molecule has 6 heteroatoms. The Morgan fingerprint density at radius 2 is 1.35 bits per heavy atom. The molecule has 4 rings (SSSR count). The van der Waals surface area contributed by atoms with E-state index in [0.717, 1.165) is 22.6 Å². The Bertz CT molecular complexity index is 1170. The summed E-state index contributed by atoms with van der Waals surface area (Å²) in [6, 6.07) is 26.7. The fraction of sp³-hybridized carbons (Fsp3) is 0.0800. The average Bonchev–Trinajstić information content (AvgIpc) is 2.76. The zero-order valence-corrected chi connectivity index (χ0v) is 17.4. The highest BCUT2D eigenvalue weighted by Gasteiger charge is 2.07. The van der Waals surface area contributed by atoms with Gasteiger partial charge in [-0.2, -0.15) is 4.98 Å². The van der Waals surface area contributed by atoms with Gasteiger partial charge in [0, 0.05) is 34.4 Å². The van der Waals surface area contributed by atoms with Gasteiger partial charge in [0.25, 0.3) is 5.91 Å². The Balaban J connectivity index is 1.43. The molecule has 1 aromatic heterocycles. The summed E-state index contributed by atoms with van der Waals surface area (Å²) in [6.45, 7) is 3.92. The number of aryl methyl sites for hydroxylation is 2. The summed E-state index contributed by atoms with van der Waals surface area (Å²) in [5.74, 6) is 1.07. The Kier molecular flexibility index (Phi) is 5.89. The highest BCUT2D eigenvalue weighted by Crippen LogP contribution is 2.21. The summed E-state index contributed by atoms with van der Waals surface area (Å²) in [7, 11) is 0. The zero-order valence-electron chi connectivity index (χ0n) is 17.4. The van der Waals surface area contributed by atoms with Crippen LogP contribution in [0.25, 0.3) is 0 Å². The van der Waals surface area contributed by atoms with Gasteiger partial charge in [0.2, 0.25) is 5.95 Å². The molecule has 0 aliphatic rings. The van der Waals surface area contributed by atoms with Crippen LogP contribution in [0.1, 0.15) is 21.6 Å². The van der Waals surface area contributed by atoms with E-state index < -0.39 is 0 Å². The van der Waals surface area contributed by atoms with E-state index in [2.05, 4.69) is 25.9 Å². The van der Waals surface area contributed by atoms with Crippen LogP contribution in [-0.2, 0) is 0 Å². The number of hydrogen-bond donors (Lipinski definition) is 3. The Hall–Kier alpha value is -4.19. The van der Waals surface area contributed by atoms with Gasteiger partial charge in [0.1, 0.15) is 5.82 Å². The predicted molar refractivity (Wildman–Crippen MR) is 125 cm³/mol. The van der Waals surface area contributed by atoms with Gasteiger partial charge in [0.15, 0.2) is 0 Å². The van der Waals surface area contributed by atoms with E-state index in [1.165, 1.54) is 0 Å². The number of carbonyl (C=O) groups is 1. The second-order valence-corrected chi connectivity index (χ2v) is 7.23. The van der Waals surface area contributed by atoms with Crippen molar-refractivity contribution in [3.8, 4) is 0 Å². The van der Waals surface area contributed by atoms with Crippen molar-refractivity contribution in [3.05, 3.63) is 102 Å². The molecule has 3 aromatic carbocycles. The molecular weight excluding hydrogens is 386 g/mol. The minimum absolute atomic E-state index is 0.139. The van der Waals surface area contributed by atoms with Crippen molar-refractivity contribution >= 4 is 34.7 Å². The summed E-state index contributed by atoms with van der Waals surface area (Å²) in [4.78, 5) is 21.4. The van der Waals surface area contributed by atoms with E-state index in [-0.39, 0.29) is 5.91 Å². The first-order valence-electron chi connectivity index (χ1n) is 9.98. The van der Waals surface area contributed by atoms with Crippen molar-refractivity contribution in [2.75, 3.05) is 16.0 Å². The molecule has 0 atom stereocenters. The number of benzene rings is 3. The molecule has 0 bridgehead atoms. The third-order valence-electron chi connectivity index (χ3n) is 4.61. The number of nitrogens with zero attached hydrogens (tertiary/aromatic N) is 2. The van der Waals surface area contributed by atoms with E-state index in [0.29, 0.717) is 23.0 Å². The van der Waals surface area contributed by atoms with Crippen molar-refractivity contribution in [2.24, 2.45) is 0 Å². The molecule has 154 valence electrons. The van der Waals surface area contributed by atoms with Gasteiger partial charge >= 0.3 is 0 Å². The topological polar surface area (TPSA) is 78.9 Å². The lowest BCUT2D eigenvalue weighted by molar-refractivity contribution is 0.102. The van der Waals surface area contributed by atoms with E-state index in [1.54, 1.807) is 0 Å². The van der Waals surface area contributed by atoms with Gasteiger partial charge in [-0.1, -0.05) is 35.9 Å². The molecule has 0 saturated carbocycles.